The number of hydrogen-bond acceptors (Lipinski definition) is 8. The molecule has 3 atom stereocenters. The zero-order valence-corrected chi connectivity index (χ0v) is 24.1. The number of aromatic nitrogens is 1. The number of nitrogens with one attached hydrogen (secondary N) is 1. The maximum atomic E-state index is 13.9. The molecule has 3 aromatic carbocycles. The molecule has 2 aliphatic heterocycles. The molecular weight excluding hydrogens is 640 g/mol. The van der Waals surface area contributed by atoms with Crippen molar-refractivity contribution in [2.45, 2.75) is 28.9 Å². The first-order chi connectivity index (χ1) is 21.3. The van der Waals surface area contributed by atoms with Crippen LogP contribution in [0.15, 0.2) is 82.6 Å². The molecule has 45 heavy (non-hydrogen) atoms. The molecule has 6 rings (SSSR count). The van der Waals surface area contributed by atoms with E-state index in [2.05, 4.69) is 5.32 Å². The number of nitro benzene ring substituents is 1. The lowest BCUT2D eigenvalue weighted by atomic mass is 9.83. The van der Waals surface area contributed by atoms with Crippen LogP contribution in [-0.4, -0.2) is 32.5 Å². The standard InChI is InChI=1S/C29H18F4N4O6S2/c30-15-7-5-14(6-8-15)21-22-23(26(40)36(25(22)39)16-9-11-17(12-10-16)37(42)43)44-27-24(21)45-28(41)35(27)13-20(38)34-19-4-2-1-3-18(19)29(31,32)33/h1-12,21-23H,13H2,(H,34,38)/t21-,22?,23?/m1/s1. The van der Waals surface area contributed by atoms with Gasteiger partial charge in [0.15, 0.2) is 0 Å². The van der Waals surface area contributed by atoms with Crippen LogP contribution in [0.4, 0.5) is 34.6 Å². The van der Waals surface area contributed by atoms with E-state index in [0.29, 0.717) is 21.8 Å². The summed E-state index contributed by atoms with van der Waals surface area (Å²) in [6.07, 6.45) is -4.75. The van der Waals surface area contributed by atoms with E-state index in [1.807, 2.05) is 0 Å². The molecule has 0 bridgehead atoms. The van der Waals surface area contributed by atoms with Gasteiger partial charge in [0, 0.05) is 22.9 Å². The smallest absolute Gasteiger partial charge is 0.324 e. The Morgan fingerprint density at radius 3 is 2.27 bits per heavy atom. The van der Waals surface area contributed by atoms with Gasteiger partial charge in [-0.2, -0.15) is 13.2 Å². The van der Waals surface area contributed by atoms with Crippen LogP contribution in [0.5, 0.6) is 0 Å². The highest BCUT2D eigenvalue weighted by atomic mass is 32.2. The third-order valence-corrected chi connectivity index (χ3v) is 10.0. The molecule has 16 heteroatoms. The first-order valence-electron chi connectivity index (χ1n) is 13.1. The molecule has 4 aromatic rings. The average Bonchev–Trinajstić information content (AvgIpc) is 3.43. The van der Waals surface area contributed by atoms with E-state index >= 15 is 0 Å². The summed E-state index contributed by atoms with van der Waals surface area (Å²) in [7, 11) is 0. The van der Waals surface area contributed by atoms with Gasteiger partial charge in [-0.05, 0) is 42.0 Å². The van der Waals surface area contributed by atoms with Crippen LogP contribution in [-0.2, 0) is 27.1 Å². The molecule has 2 unspecified atom stereocenters. The fourth-order valence-corrected chi connectivity index (χ4v) is 8.21. The summed E-state index contributed by atoms with van der Waals surface area (Å²) >= 11 is 1.58. The predicted octanol–water partition coefficient (Wildman–Crippen LogP) is 5.41. The van der Waals surface area contributed by atoms with Gasteiger partial charge in [0.25, 0.3) is 5.69 Å². The van der Waals surface area contributed by atoms with Crippen LogP contribution in [0.3, 0.4) is 0 Å². The number of nitro groups is 1. The molecule has 1 saturated heterocycles. The van der Waals surface area contributed by atoms with E-state index in [1.165, 1.54) is 36.4 Å². The molecule has 0 aliphatic carbocycles. The van der Waals surface area contributed by atoms with Gasteiger partial charge in [-0.15, -0.1) is 0 Å². The zero-order chi connectivity index (χ0) is 32.2. The number of alkyl halides is 3. The Bertz CT molecular complexity index is 1920. The number of amides is 3. The van der Waals surface area contributed by atoms with Crippen molar-refractivity contribution >= 4 is 57.9 Å². The highest BCUT2D eigenvalue weighted by Gasteiger charge is 2.57. The van der Waals surface area contributed by atoms with E-state index < -0.39 is 74.4 Å². The van der Waals surface area contributed by atoms with Gasteiger partial charge in [-0.1, -0.05) is 47.4 Å². The minimum Gasteiger partial charge on any atom is -0.324 e. The summed E-state index contributed by atoms with van der Waals surface area (Å²) in [5.74, 6) is -4.79. The van der Waals surface area contributed by atoms with Crippen molar-refractivity contribution in [1.82, 2.24) is 4.57 Å². The van der Waals surface area contributed by atoms with Crippen molar-refractivity contribution in [1.29, 1.82) is 0 Å². The van der Waals surface area contributed by atoms with Gasteiger partial charge in [0.1, 0.15) is 17.6 Å². The number of carbonyl (C=O) groups is 3. The number of halogens is 4. The van der Waals surface area contributed by atoms with Crippen molar-refractivity contribution in [2.75, 3.05) is 10.2 Å². The van der Waals surface area contributed by atoms with Crippen molar-refractivity contribution in [2.24, 2.45) is 5.92 Å². The highest BCUT2D eigenvalue weighted by molar-refractivity contribution is 8.00. The van der Waals surface area contributed by atoms with Gasteiger partial charge in [-0.25, -0.2) is 9.29 Å². The number of benzene rings is 3. The van der Waals surface area contributed by atoms with Crippen LogP contribution in [0.2, 0.25) is 0 Å². The number of non-ortho nitro benzene ring substituents is 1. The summed E-state index contributed by atoms with van der Waals surface area (Å²) in [5.41, 5.74) is -1.33. The molecule has 10 nitrogen and oxygen atoms in total. The van der Waals surface area contributed by atoms with Crippen molar-refractivity contribution < 1.29 is 36.9 Å². The van der Waals surface area contributed by atoms with Crippen molar-refractivity contribution in [3.63, 3.8) is 0 Å². The summed E-state index contributed by atoms with van der Waals surface area (Å²) < 4.78 is 55.3. The normalized spacial score (nSPS) is 19.3. The summed E-state index contributed by atoms with van der Waals surface area (Å²) in [6.45, 7) is -0.689. The van der Waals surface area contributed by atoms with E-state index in [-0.39, 0.29) is 16.4 Å². The topological polar surface area (TPSA) is 132 Å². The minimum atomic E-state index is -4.75. The fourth-order valence-electron chi connectivity index (χ4n) is 5.44. The summed E-state index contributed by atoms with van der Waals surface area (Å²) in [6, 6.07) is 14.3. The Morgan fingerprint density at radius 1 is 0.956 bits per heavy atom. The molecule has 0 saturated carbocycles. The second kappa shape index (κ2) is 11.3. The lowest BCUT2D eigenvalue weighted by molar-refractivity contribution is -0.384. The number of imide groups is 1. The molecule has 1 N–H and O–H groups in total. The molecule has 0 radical (unpaired) electrons. The number of para-hydroxylation sites is 1. The van der Waals surface area contributed by atoms with Gasteiger partial charge in [-0.3, -0.25) is 33.9 Å². The number of thioether (sulfide) groups is 1. The monoisotopic (exact) mass is 658 g/mol. The number of fused-ring (bicyclic) bond motifs is 2. The molecule has 2 aliphatic rings. The highest BCUT2D eigenvalue weighted by Crippen LogP contribution is 2.54. The van der Waals surface area contributed by atoms with Gasteiger partial charge >= 0.3 is 11.0 Å². The Kier molecular flexibility index (Phi) is 7.56. The predicted molar refractivity (Wildman–Crippen MR) is 156 cm³/mol. The third-order valence-electron chi connectivity index (χ3n) is 7.41. The Balaban J connectivity index is 1.39. The number of hydrogen-bond donors (Lipinski definition) is 1. The van der Waals surface area contributed by atoms with Crippen molar-refractivity contribution in [3.05, 3.63) is 114 Å². The van der Waals surface area contributed by atoms with Crippen LogP contribution in [0.25, 0.3) is 0 Å². The van der Waals surface area contributed by atoms with Gasteiger partial charge < -0.3 is 5.32 Å². The average molecular weight is 659 g/mol. The van der Waals surface area contributed by atoms with E-state index in [4.69, 9.17) is 0 Å². The second-order valence-corrected chi connectivity index (χ2v) is 12.2. The zero-order valence-electron chi connectivity index (χ0n) is 22.5. The van der Waals surface area contributed by atoms with Crippen molar-refractivity contribution in [3.8, 4) is 0 Å². The minimum absolute atomic E-state index is 0.0897. The van der Waals surface area contributed by atoms with E-state index in [0.717, 1.165) is 57.6 Å². The fraction of sp³-hybridized carbons (Fsp3) is 0.172. The van der Waals surface area contributed by atoms with Crippen LogP contribution in [0.1, 0.15) is 21.9 Å². The van der Waals surface area contributed by atoms with Gasteiger partial charge in [0.05, 0.1) is 32.8 Å². The summed E-state index contributed by atoms with van der Waals surface area (Å²) in [5, 5.41) is 12.4. The molecule has 3 heterocycles. The molecule has 3 amide bonds. The van der Waals surface area contributed by atoms with Crippen LogP contribution >= 0.6 is 23.1 Å². The number of rotatable bonds is 6. The summed E-state index contributed by atoms with van der Waals surface area (Å²) in [4.78, 5) is 64.9. The number of anilines is 2. The molecular formula is C29H18F4N4O6S2. The van der Waals surface area contributed by atoms with Gasteiger partial charge in [0.2, 0.25) is 17.7 Å². The molecule has 0 spiro atoms. The second-order valence-electron chi connectivity index (χ2n) is 10.1. The molecule has 1 fully saturated rings. The van der Waals surface area contributed by atoms with Crippen LogP contribution < -0.4 is 15.1 Å². The Labute approximate surface area is 258 Å². The van der Waals surface area contributed by atoms with E-state index in [1.54, 1.807) is 0 Å². The Hall–Kier alpha value is -4.83. The number of carbonyl (C=O) groups excluding carboxylic acids is 3. The lowest BCUT2D eigenvalue weighted by Gasteiger charge is -2.30. The van der Waals surface area contributed by atoms with Crippen LogP contribution in [0, 0.1) is 21.8 Å². The number of nitrogens with zero attached hydrogens (tertiary/aromatic N) is 3. The largest absolute Gasteiger partial charge is 0.418 e. The molecule has 230 valence electrons. The molecule has 1 aromatic heterocycles. The lowest BCUT2D eigenvalue weighted by Crippen LogP contribution is -2.33. The Morgan fingerprint density at radius 2 is 1.62 bits per heavy atom. The maximum absolute atomic E-state index is 13.9. The van der Waals surface area contributed by atoms with E-state index in [9.17, 15) is 46.9 Å². The first kappa shape index (κ1) is 30.2. The first-order valence-corrected chi connectivity index (χ1v) is 14.8. The number of thiazole rings is 1. The SMILES string of the molecule is O=C(Cn1c2c(sc1=O)[C@H](c1ccc(F)cc1)C1C(=O)N(c3ccc([N+](=O)[O-])cc3)C(=O)C1S2)Nc1ccccc1C(F)(F)F. The maximum Gasteiger partial charge on any atom is 0.418 e. The third kappa shape index (κ3) is 5.39. The quantitative estimate of drug-likeness (QED) is 0.127.